The SMILES string of the molecule is Cn1cnc(C(=O)Nc2ccccc2-n2cnc(C#N)n2)c1. The Labute approximate surface area is 125 Å². The summed E-state index contributed by atoms with van der Waals surface area (Å²) in [6, 6.07) is 8.97. The minimum Gasteiger partial charge on any atom is -0.340 e. The van der Waals surface area contributed by atoms with Gasteiger partial charge in [0, 0.05) is 13.2 Å². The van der Waals surface area contributed by atoms with Crippen molar-refractivity contribution in [2.24, 2.45) is 7.05 Å². The highest BCUT2D eigenvalue weighted by Gasteiger charge is 2.13. The lowest BCUT2D eigenvalue weighted by Crippen LogP contribution is -2.14. The Morgan fingerprint density at radius 1 is 1.27 bits per heavy atom. The van der Waals surface area contributed by atoms with Gasteiger partial charge in [0.05, 0.1) is 17.7 Å². The Morgan fingerprint density at radius 2 is 2.09 bits per heavy atom. The normalized spacial score (nSPS) is 10.2. The molecule has 1 aromatic carbocycles. The van der Waals surface area contributed by atoms with E-state index in [0.717, 1.165) is 0 Å². The Morgan fingerprint density at radius 3 is 2.77 bits per heavy atom. The number of hydrogen-bond donors (Lipinski definition) is 1. The molecule has 0 aliphatic carbocycles. The highest BCUT2D eigenvalue weighted by atomic mass is 16.1. The molecule has 0 unspecified atom stereocenters. The van der Waals surface area contributed by atoms with Crippen LogP contribution in [0.3, 0.4) is 0 Å². The van der Waals surface area contributed by atoms with Crippen LogP contribution in [0, 0.1) is 11.3 Å². The molecular weight excluding hydrogens is 282 g/mol. The van der Waals surface area contributed by atoms with Crippen molar-refractivity contribution >= 4 is 11.6 Å². The molecule has 0 fully saturated rings. The van der Waals surface area contributed by atoms with Gasteiger partial charge in [0.2, 0.25) is 0 Å². The number of hydrogen-bond acceptors (Lipinski definition) is 5. The first-order valence-corrected chi connectivity index (χ1v) is 6.38. The van der Waals surface area contributed by atoms with E-state index in [4.69, 9.17) is 5.26 Å². The van der Waals surface area contributed by atoms with Crippen LogP contribution in [-0.2, 0) is 7.05 Å². The Bertz CT molecular complexity index is 871. The molecule has 108 valence electrons. The average Bonchev–Trinajstić information content (AvgIpc) is 3.16. The zero-order valence-electron chi connectivity index (χ0n) is 11.6. The number of anilines is 1. The molecular formula is C14H11N7O. The molecule has 0 atom stereocenters. The predicted octanol–water partition coefficient (Wildman–Crippen LogP) is 1.12. The minimum atomic E-state index is -0.325. The van der Waals surface area contributed by atoms with Crippen LogP contribution in [0.15, 0.2) is 43.1 Å². The largest absolute Gasteiger partial charge is 0.340 e. The van der Waals surface area contributed by atoms with Crippen LogP contribution in [0.2, 0.25) is 0 Å². The van der Waals surface area contributed by atoms with Crippen molar-refractivity contribution in [2.75, 3.05) is 5.32 Å². The first-order chi connectivity index (χ1) is 10.7. The van der Waals surface area contributed by atoms with E-state index in [1.165, 1.54) is 11.0 Å². The van der Waals surface area contributed by atoms with E-state index < -0.39 is 0 Å². The molecule has 2 aromatic heterocycles. The topological polar surface area (TPSA) is 101 Å². The van der Waals surface area contributed by atoms with E-state index in [-0.39, 0.29) is 11.7 Å². The summed E-state index contributed by atoms with van der Waals surface area (Å²) in [7, 11) is 1.79. The second kappa shape index (κ2) is 5.49. The van der Waals surface area contributed by atoms with Crippen LogP contribution in [0.25, 0.3) is 5.69 Å². The average molecular weight is 293 g/mol. The summed E-state index contributed by atoms with van der Waals surface area (Å²) in [6.07, 6.45) is 4.60. The summed E-state index contributed by atoms with van der Waals surface area (Å²) in [5.41, 5.74) is 1.47. The molecule has 1 amide bonds. The number of imidazole rings is 1. The minimum absolute atomic E-state index is 0.0610. The third-order valence-corrected chi connectivity index (χ3v) is 2.93. The standard InChI is InChI=1S/C14H11N7O/c1-20-7-11(16-8-20)14(22)18-10-4-2-3-5-12(10)21-9-17-13(6-15)19-21/h2-5,7-9H,1H3,(H,18,22). The molecule has 0 aliphatic heterocycles. The maximum absolute atomic E-state index is 12.2. The number of nitriles is 1. The van der Waals surface area contributed by atoms with Gasteiger partial charge >= 0.3 is 0 Å². The second-order valence-electron chi connectivity index (χ2n) is 4.52. The Balaban J connectivity index is 1.91. The fourth-order valence-electron chi connectivity index (χ4n) is 1.93. The lowest BCUT2D eigenvalue weighted by atomic mass is 10.2. The number of benzene rings is 1. The number of para-hydroxylation sites is 2. The van der Waals surface area contributed by atoms with E-state index in [1.807, 2.05) is 6.07 Å². The van der Waals surface area contributed by atoms with Crippen molar-refractivity contribution in [2.45, 2.75) is 0 Å². The molecule has 0 spiro atoms. The van der Waals surface area contributed by atoms with Crippen molar-refractivity contribution in [3.8, 4) is 11.8 Å². The van der Waals surface area contributed by atoms with Gasteiger partial charge in [-0.3, -0.25) is 4.79 Å². The van der Waals surface area contributed by atoms with Gasteiger partial charge in [0.25, 0.3) is 11.7 Å². The van der Waals surface area contributed by atoms with Crippen molar-refractivity contribution in [1.82, 2.24) is 24.3 Å². The summed E-state index contributed by atoms with van der Waals surface area (Å²) < 4.78 is 3.13. The second-order valence-corrected chi connectivity index (χ2v) is 4.52. The lowest BCUT2D eigenvalue weighted by molar-refractivity contribution is 0.102. The molecule has 0 saturated carbocycles. The van der Waals surface area contributed by atoms with E-state index in [9.17, 15) is 4.79 Å². The Hall–Kier alpha value is -3.47. The van der Waals surface area contributed by atoms with Gasteiger partial charge < -0.3 is 9.88 Å². The Kier molecular flexibility index (Phi) is 3.37. The van der Waals surface area contributed by atoms with Gasteiger partial charge in [-0.1, -0.05) is 12.1 Å². The first kappa shape index (κ1) is 13.5. The third-order valence-electron chi connectivity index (χ3n) is 2.93. The zero-order chi connectivity index (χ0) is 15.5. The summed E-state index contributed by atoms with van der Waals surface area (Å²) in [5.74, 6) is -0.264. The van der Waals surface area contributed by atoms with Crippen LogP contribution >= 0.6 is 0 Å². The summed E-state index contributed by atoms with van der Waals surface area (Å²) in [6.45, 7) is 0. The smallest absolute Gasteiger partial charge is 0.275 e. The number of carbonyl (C=O) groups is 1. The van der Waals surface area contributed by atoms with Gasteiger partial charge in [0.15, 0.2) is 0 Å². The predicted molar refractivity (Wildman–Crippen MR) is 77.2 cm³/mol. The molecule has 3 rings (SSSR count). The number of aryl methyl sites for hydroxylation is 1. The molecule has 0 radical (unpaired) electrons. The molecule has 3 aromatic rings. The zero-order valence-corrected chi connectivity index (χ0v) is 11.6. The van der Waals surface area contributed by atoms with Crippen LogP contribution < -0.4 is 5.32 Å². The van der Waals surface area contributed by atoms with Gasteiger partial charge in [-0.05, 0) is 12.1 Å². The van der Waals surface area contributed by atoms with Crippen molar-refractivity contribution in [3.63, 3.8) is 0 Å². The number of carbonyl (C=O) groups excluding carboxylic acids is 1. The van der Waals surface area contributed by atoms with Gasteiger partial charge in [-0.2, -0.15) is 5.26 Å². The van der Waals surface area contributed by atoms with Crippen LogP contribution in [0.5, 0.6) is 0 Å². The van der Waals surface area contributed by atoms with Gasteiger partial charge in [-0.15, -0.1) is 5.10 Å². The highest BCUT2D eigenvalue weighted by Crippen LogP contribution is 2.19. The number of amides is 1. The number of aromatic nitrogens is 5. The number of nitrogens with zero attached hydrogens (tertiary/aromatic N) is 6. The molecule has 0 aliphatic rings. The maximum atomic E-state index is 12.2. The van der Waals surface area contributed by atoms with Crippen LogP contribution in [0.1, 0.15) is 16.3 Å². The van der Waals surface area contributed by atoms with Crippen molar-refractivity contribution in [3.05, 3.63) is 54.6 Å². The fraction of sp³-hybridized carbons (Fsp3) is 0.0714. The van der Waals surface area contributed by atoms with E-state index >= 15 is 0 Å². The molecule has 8 nitrogen and oxygen atoms in total. The first-order valence-electron chi connectivity index (χ1n) is 6.38. The monoisotopic (exact) mass is 293 g/mol. The molecule has 8 heteroatoms. The van der Waals surface area contributed by atoms with Crippen molar-refractivity contribution in [1.29, 1.82) is 5.26 Å². The van der Waals surface area contributed by atoms with E-state index in [2.05, 4.69) is 20.4 Å². The van der Waals surface area contributed by atoms with Gasteiger partial charge in [-0.25, -0.2) is 14.6 Å². The number of rotatable bonds is 3. The van der Waals surface area contributed by atoms with Crippen LogP contribution in [-0.4, -0.2) is 30.2 Å². The van der Waals surface area contributed by atoms with Gasteiger partial charge in [0.1, 0.15) is 18.1 Å². The molecule has 0 saturated heterocycles. The van der Waals surface area contributed by atoms with Crippen molar-refractivity contribution < 1.29 is 4.79 Å². The highest BCUT2D eigenvalue weighted by molar-refractivity contribution is 6.03. The molecule has 0 bridgehead atoms. The maximum Gasteiger partial charge on any atom is 0.275 e. The fourth-order valence-corrected chi connectivity index (χ4v) is 1.93. The van der Waals surface area contributed by atoms with Crippen LogP contribution in [0.4, 0.5) is 5.69 Å². The lowest BCUT2D eigenvalue weighted by Gasteiger charge is -2.09. The third kappa shape index (κ3) is 2.55. The summed E-state index contributed by atoms with van der Waals surface area (Å²) >= 11 is 0. The quantitative estimate of drug-likeness (QED) is 0.779. The summed E-state index contributed by atoms with van der Waals surface area (Å²) in [4.78, 5) is 20.0. The molecule has 22 heavy (non-hydrogen) atoms. The summed E-state index contributed by atoms with van der Waals surface area (Å²) in [5, 5.41) is 15.6. The van der Waals surface area contributed by atoms with E-state index in [1.54, 1.807) is 48.4 Å². The number of nitrogens with one attached hydrogen (secondary N) is 1. The van der Waals surface area contributed by atoms with E-state index in [0.29, 0.717) is 17.1 Å². The molecule has 2 heterocycles. The molecule has 1 N–H and O–H groups in total.